The first-order chi connectivity index (χ1) is 9.45. The first kappa shape index (κ1) is 19.8. The molecule has 0 bridgehead atoms. The Morgan fingerprint density at radius 2 is 1.05 bits per heavy atom. The average Bonchev–Trinajstić information content (AvgIpc) is 2.43. The van der Waals surface area contributed by atoms with Gasteiger partial charge in [0.15, 0.2) is 0 Å². The molecule has 0 saturated carbocycles. The molecule has 2 atom stereocenters. The highest BCUT2D eigenvalue weighted by atomic mass is 16.5. The van der Waals surface area contributed by atoms with Crippen molar-refractivity contribution >= 4 is 0 Å². The highest BCUT2D eigenvalue weighted by Gasteiger charge is 2.25. The maximum Gasteiger partial charge on any atom is 0.0700 e. The smallest absolute Gasteiger partial charge is 0.0700 e. The summed E-state index contributed by atoms with van der Waals surface area (Å²) < 4.78 is 21.1. The van der Waals surface area contributed by atoms with Gasteiger partial charge in [-0.15, -0.1) is 0 Å². The van der Waals surface area contributed by atoms with Crippen molar-refractivity contribution in [1.82, 2.24) is 0 Å². The monoisotopic (exact) mass is 294 g/mol. The van der Waals surface area contributed by atoms with Gasteiger partial charge in [0, 0.05) is 25.0 Å². The minimum absolute atomic E-state index is 0.0120. The van der Waals surface area contributed by atoms with E-state index in [1.807, 2.05) is 13.8 Å². The summed E-state index contributed by atoms with van der Waals surface area (Å²) in [7, 11) is 3.20. The van der Waals surface area contributed by atoms with E-state index in [1.54, 1.807) is 14.2 Å². The van der Waals surface area contributed by atoms with Gasteiger partial charge in [-0.2, -0.15) is 0 Å². The molecule has 122 valence electrons. The second-order valence-electron chi connectivity index (χ2n) is 5.91. The molecule has 0 heterocycles. The molecule has 0 aliphatic heterocycles. The molecule has 0 spiro atoms. The Hall–Kier alpha value is -0.240. The quantitative estimate of drug-likeness (QED) is 0.476. The Bertz CT molecular complexity index is 214. The SMILES string of the molecule is COCC(C)(CO)COCCOCC(C)(CO)COC. The van der Waals surface area contributed by atoms with Gasteiger partial charge in [0.1, 0.15) is 0 Å². The van der Waals surface area contributed by atoms with Crippen LogP contribution < -0.4 is 0 Å². The van der Waals surface area contributed by atoms with Crippen molar-refractivity contribution in [2.24, 2.45) is 10.8 Å². The first-order valence-electron chi connectivity index (χ1n) is 6.80. The molecule has 0 aromatic carbocycles. The van der Waals surface area contributed by atoms with Crippen molar-refractivity contribution in [3.63, 3.8) is 0 Å². The largest absolute Gasteiger partial charge is 0.396 e. The number of ether oxygens (including phenoxy) is 4. The maximum absolute atomic E-state index is 9.28. The second-order valence-corrected chi connectivity index (χ2v) is 5.91. The van der Waals surface area contributed by atoms with Crippen LogP contribution in [-0.4, -0.2) is 77.3 Å². The highest BCUT2D eigenvalue weighted by Crippen LogP contribution is 2.17. The van der Waals surface area contributed by atoms with Crippen LogP contribution in [0.25, 0.3) is 0 Å². The van der Waals surface area contributed by atoms with Crippen LogP contribution in [-0.2, 0) is 18.9 Å². The van der Waals surface area contributed by atoms with Crippen LogP contribution in [0.5, 0.6) is 0 Å². The molecule has 0 rings (SSSR count). The summed E-state index contributed by atoms with van der Waals surface area (Å²) in [5.74, 6) is 0. The predicted octanol–water partition coefficient (Wildman–Crippen LogP) is 0.310. The molecule has 2 unspecified atom stereocenters. The molecule has 0 aliphatic carbocycles. The fourth-order valence-corrected chi connectivity index (χ4v) is 1.72. The molecule has 0 aliphatic rings. The first-order valence-corrected chi connectivity index (χ1v) is 6.80. The topological polar surface area (TPSA) is 77.4 Å². The summed E-state index contributed by atoms with van der Waals surface area (Å²) in [4.78, 5) is 0. The van der Waals surface area contributed by atoms with Crippen LogP contribution >= 0.6 is 0 Å². The second kappa shape index (κ2) is 10.5. The number of aliphatic hydroxyl groups excluding tert-OH is 2. The lowest BCUT2D eigenvalue weighted by Crippen LogP contribution is -2.34. The molecule has 6 nitrogen and oxygen atoms in total. The van der Waals surface area contributed by atoms with E-state index in [-0.39, 0.29) is 24.0 Å². The molecule has 6 heteroatoms. The molecule has 2 N–H and O–H groups in total. The molecule has 0 aromatic rings. The minimum Gasteiger partial charge on any atom is -0.396 e. The molecule has 0 radical (unpaired) electrons. The molecule has 0 amide bonds. The summed E-state index contributed by atoms with van der Waals surface area (Å²) in [6.45, 7) is 6.42. The molecular formula is C14H30O6. The van der Waals surface area contributed by atoms with E-state index in [0.29, 0.717) is 39.6 Å². The van der Waals surface area contributed by atoms with Gasteiger partial charge in [0.25, 0.3) is 0 Å². The Kier molecular flexibility index (Phi) is 10.4. The van der Waals surface area contributed by atoms with Crippen molar-refractivity contribution < 1.29 is 29.2 Å². The molecule has 20 heavy (non-hydrogen) atoms. The van der Waals surface area contributed by atoms with E-state index in [9.17, 15) is 10.2 Å². The van der Waals surface area contributed by atoms with E-state index < -0.39 is 0 Å². The van der Waals surface area contributed by atoms with Gasteiger partial charge in [0.05, 0.1) is 52.9 Å². The number of hydrogen-bond acceptors (Lipinski definition) is 6. The van der Waals surface area contributed by atoms with Gasteiger partial charge in [-0.3, -0.25) is 0 Å². The Morgan fingerprint density at radius 3 is 1.30 bits per heavy atom. The summed E-state index contributed by atoms with van der Waals surface area (Å²) in [6.07, 6.45) is 0. The zero-order chi connectivity index (χ0) is 15.5. The number of aliphatic hydroxyl groups is 2. The third-order valence-corrected chi connectivity index (χ3v) is 3.02. The normalized spacial score (nSPS) is 17.7. The van der Waals surface area contributed by atoms with Crippen LogP contribution in [0.1, 0.15) is 13.8 Å². The fourth-order valence-electron chi connectivity index (χ4n) is 1.72. The molecule has 0 saturated heterocycles. The summed E-state index contributed by atoms with van der Waals surface area (Å²) in [5, 5.41) is 18.6. The van der Waals surface area contributed by atoms with Crippen molar-refractivity contribution in [3.05, 3.63) is 0 Å². The minimum atomic E-state index is -0.385. The third kappa shape index (κ3) is 8.14. The predicted molar refractivity (Wildman–Crippen MR) is 75.8 cm³/mol. The van der Waals surface area contributed by atoms with E-state index in [1.165, 1.54) is 0 Å². The lowest BCUT2D eigenvalue weighted by Gasteiger charge is -2.27. The zero-order valence-corrected chi connectivity index (χ0v) is 13.2. The van der Waals surface area contributed by atoms with Gasteiger partial charge < -0.3 is 29.2 Å². The Balaban J connectivity index is 3.76. The Morgan fingerprint density at radius 1 is 0.700 bits per heavy atom. The van der Waals surface area contributed by atoms with Crippen LogP contribution in [0.3, 0.4) is 0 Å². The third-order valence-electron chi connectivity index (χ3n) is 3.02. The molecule has 0 aromatic heterocycles. The van der Waals surface area contributed by atoms with Gasteiger partial charge in [-0.1, -0.05) is 13.8 Å². The van der Waals surface area contributed by atoms with Gasteiger partial charge in [0.2, 0.25) is 0 Å². The van der Waals surface area contributed by atoms with Crippen molar-refractivity contribution in [2.45, 2.75) is 13.8 Å². The van der Waals surface area contributed by atoms with Gasteiger partial charge in [-0.05, 0) is 0 Å². The zero-order valence-electron chi connectivity index (χ0n) is 13.2. The van der Waals surface area contributed by atoms with Crippen LogP contribution in [0.4, 0.5) is 0 Å². The average molecular weight is 294 g/mol. The molecular weight excluding hydrogens is 264 g/mol. The molecule has 0 fully saturated rings. The van der Waals surface area contributed by atoms with Gasteiger partial charge >= 0.3 is 0 Å². The van der Waals surface area contributed by atoms with Crippen molar-refractivity contribution in [3.8, 4) is 0 Å². The van der Waals surface area contributed by atoms with E-state index in [2.05, 4.69) is 0 Å². The maximum atomic E-state index is 9.28. The van der Waals surface area contributed by atoms with Gasteiger partial charge in [-0.25, -0.2) is 0 Å². The van der Waals surface area contributed by atoms with Crippen LogP contribution in [0.2, 0.25) is 0 Å². The van der Waals surface area contributed by atoms with E-state index in [4.69, 9.17) is 18.9 Å². The summed E-state index contributed by atoms with van der Waals surface area (Å²) in [6, 6.07) is 0. The standard InChI is InChI=1S/C14H30O6/c1-13(7-15,9-17-3)11-19-5-6-20-12-14(2,8-16)10-18-4/h15-16H,5-12H2,1-4H3. The number of rotatable bonds is 13. The number of methoxy groups -OCH3 is 2. The Labute approximate surface area is 122 Å². The van der Waals surface area contributed by atoms with E-state index >= 15 is 0 Å². The van der Waals surface area contributed by atoms with Crippen molar-refractivity contribution in [1.29, 1.82) is 0 Å². The van der Waals surface area contributed by atoms with Crippen LogP contribution in [0.15, 0.2) is 0 Å². The number of hydrogen-bond donors (Lipinski definition) is 2. The van der Waals surface area contributed by atoms with Crippen LogP contribution in [0, 0.1) is 10.8 Å². The van der Waals surface area contributed by atoms with Crippen molar-refractivity contribution in [2.75, 3.05) is 67.1 Å². The van der Waals surface area contributed by atoms with E-state index in [0.717, 1.165) is 0 Å². The summed E-state index contributed by atoms with van der Waals surface area (Å²) in [5.41, 5.74) is -0.769. The highest BCUT2D eigenvalue weighted by molar-refractivity contribution is 4.73. The lowest BCUT2D eigenvalue weighted by molar-refractivity contribution is -0.0628. The fraction of sp³-hybridized carbons (Fsp3) is 1.00. The lowest BCUT2D eigenvalue weighted by atomic mass is 9.94. The summed E-state index contributed by atoms with van der Waals surface area (Å²) >= 11 is 0.